The van der Waals surface area contributed by atoms with E-state index in [0.717, 1.165) is 6.42 Å². The average Bonchev–Trinajstić information content (AvgIpc) is 3.07. The largest absolute Gasteiger partial charge is 0.355 e. The average molecular weight is 486 g/mol. The number of carbonyl (C=O) groups excluding carboxylic acids is 1. The molecule has 1 heterocycles. The van der Waals surface area contributed by atoms with Crippen LogP contribution in [0.1, 0.15) is 13.3 Å². The van der Waals surface area contributed by atoms with Gasteiger partial charge in [-0.3, -0.25) is 4.79 Å². The molecule has 6 nitrogen and oxygen atoms in total. The van der Waals surface area contributed by atoms with Crippen molar-refractivity contribution in [1.82, 2.24) is 15.5 Å². The number of nitrogens with one attached hydrogen (secondary N) is 1. The van der Waals surface area contributed by atoms with Crippen LogP contribution in [0.4, 0.5) is 0 Å². The molecule has 1 N–H and O–H groups in total. The molecule has 0 bridgehead atoms. The van der Waals surface area contributed by atoms with E-state index < -0.39 is 9.84 Å². The van der Waals surface area contributed by atoms with E-state index in [9.17, 15) is 13.2 Å². The Morgan fingerprint density at radius 2 is 1.93 bits per heavy atom. The zero-order chi connectivity index (χ0) is 19.9. The third kappa shape index (κ3) is 7.43. The Balaban J connectivity index is 1.84. The lowest BCUT2D eigenvalue weighted by atomic mass is 10.4. The van der Waals surface area contributed by atoms with Crippen molar-refractivity contribution in [2.75, 3.05) is 23.8 Å². The first-order chi connectivity index (χ1) is 12.8. The summed E-state index contributed by atoms with van der Waals surface area (Å²) in [6, 6.07) is 4.36. The summed E-state index contributed by atoms with van der Waals surface area (Å²) in [6.07, 6.45) is 0.888. The van der Waals surface area contributed by atoms with Gasteiger partial charge in [0.1, 0.15) is 0 Å². The van der Waals surface area contributed by atoms with Crippen molar-refractivity contribution in [2.45, 2.75) is 26.9 Å². The minimum Gasteiger partial charge on any atom is -0.355 e. The quantitative estimate of drug-likeness (QED) is 0.507. The van der Waals surface area contributed by atoms with Gasteiger partial charge in [-0.15, -0.1) is 10.2 Å². The number of carbonyl (C=O) groups is 1. The Hall–Kier alpha value is -0.520. The minimum absolute atomic E-state index is 0.0314. The van der Waals surface area contributed by atoms with Crippen molar-refractivity contribution >= 4 is 73.8 Å². The van der Waals surface area contributed by atoms with E-state index in [2.05, 4.69) is 15.5 Å². The molecule has 0 spiro atoms. The predicted molar refractivity (Wildman–Crippen MR) is 113 cm³/mol. The highest BCUT2D eigenvalue weighted by atomic mass is 35.5. The van der Waals surface area contributed by atoms with Gasteiger partial charge in [-0.1, -0.05) is 65.0 Å². The van der Waals surface area contributed by atoms with Crippen molar-refractivity contribution in [3.8, 4) is 0 Å². The number of sulfone groups is 1. The molecule has 2 aromatic rings. The van der Waals surface area contributed by atoms with Gasteiger partial charge in [-0.05, 0) is 24.6 Å². The summed E-state index contributed by atoms with van der Waals surface area (Å²) >= 11 is 15.8. The van der Waals surface area contributed by atoms with Gasteiger partial charge >= 0.3 is 0 Å². The molecule has 1 amide bonds. The van der Waals surface area contributed by atoms with Gasteiger partial charge < -0.3 is 5.32 Å². The number of hydrogen-bond acceptors (Lipinski definition) is 8. The highest BCUT2D eigenvalue weighted by Crippen LogP contribution is 2.30. The molecule has 0 saturated heterocycles. The van der Waals surface area contributed by atoms with E-state index in [0.29, 0.717) is 26.0 Å². The summed E-state index contributed by atoms with van der Waals surface area (Å²) in [5, 5.41) is 11.3. The van der Waals surface area contributed by atoms with Crippen LogP contribution in [0.3, 0.4) is 0 Å². The number of amides is 1. The van der Waals surface area contributed by atoms with Gasteiger partial charge in [0.15, 0.2) is 18.5 Å². The predicted octanol–water partition coefficient (Wildman–Crippen LogP) is 4.03. The first-order valence-electron chi connectivity index (χ1n) is 7.85. The van der Waals surface area contributed by atoms with Gasteiger partial charge in [0.05, 0.1) is 21.4 Å². The van der Waals surface area contributed by atoms with Crippen LogP contribution in [-0.2, 0) is 14.6 Å². The number of nitrogens with zero attached hydrogens (tertiary/aromatic N) is 2. The Bertz CT molecular complexity index is 890. The van der Waals surface area contributed by atoms with Crippen LogP contribution < -0.4 is 5.32 Å². The number of benzene rings is 1. The van der Waals surface area contributed by atoms with Gasteiger partial charge in [-0.2, -0.15) is 0 Å². The Morgan fingerprint density at radius 3 is 2.63 bits per heavy atom. The van der Waals surface area contributed by atoms with E-state index in [-0.39, 0.29) is 27.3 Å². The Morgan fingerprint density at radius 1 is 1.22 bits per heavy atom. The fourth-order valence-electron chi connectivity index (χ4n) is 1.82. The number of rotatable bonds is 10. The van der Waals surface area contributed by atoms with Gasteiger partial charge in [-0.25, -0.2) is 8.42 Å². The molecule has 1 aromatic carbocycles. The van der Waals surface area contributed by atoms with Crippen molar-refractivity contribution in [2.24, 2.45) is 0 Å². The van der Waals surface area contributed by atoms with Crippen molar-refractivity contribution in [3.05, 3.63) is 28.2 Å². The standard InChI is InChI=1S/C15H17Cl2N3O3S4/c1-2-5-18-13(21)9-25-15-20-19-14(26-15)24-6-7-27(22,23)12-8-10(16)3-4-11(12)17/h3-4,8H,2,5-7,9H2,1H3,(H,18,21). The van der Waals surface area contributed by atoms with Crippen LogP contribution in [0.25, 0.3) is 0 Å². The molecule has 0 radical (unpaired) electrons. The molecule has 2 rings (SSSR count). The third-order valence-electron chi connectivity index (χ3n) is 3.09. The summed E-state index contributed by atoms with van der Waals surface area (Å²) in [5.41, 5.74) is 0. The van der Waals surface area contributed by atoms with E-state index >= 15 is 0 Å². The second-order valence-corrected chi connectivity index (χ2v) is 11.7. The summed E-state index contributed by atoms with van der Waals surface area (Å²) in [6.45, 7) is 2.64. The topological polar surface area (TPSA) is 89.0 Å². The number of halogens is 2. The highest BCUT2D eigenvalue weighted by Gasteiger charge is 2.19. The summed E-state index contributed by atoms with van der Waals surface area (Å²) in [5.74, 6) is 0.442. The molecular formula is C15H17Cl2N3O3S4. The smallest absolute Gasteiger partial charge is 0.230 e. The van der Waals surface area contributed by atoms with Crippen LogP contribution in [0.2, 0.25) is 10.0 Å². The second-order valence-electron chi connectivity index (χ2n) is 5.21. The zero-order valence-electron chi connectivity index (χ0n) is 14.3. The second kappa shape index (κ2) is 10.9. The van der Waals surface area contributed by atoms with E-state index in [1.54, 1.807) is 6.07 Å². The molecule has 27 heavy (non-hydrogen) atoms. The number of hydrogen-bond donors (Lipinski definition) is 1. The lowest BCUT2D eigenvalue weighted by Gasteiger charge is -2.06. The van der Waals surface area contributed by atoms with Crippen LogP contribution in [0.5, 0.6) is 0 Å². The van der Waals surface area contributed by atoms with E-state index in [1.165, 1.54) is 47.0 Å². The maximum absolute atomic E-state index is 12.4. The Labute approximate surface area is 180 Å². The normalized spacial score (nSPS) is 11.5. The molecule has 148 valence electrons. The molecule has 0 aliphatic rings. The van der Waals surface area contributed by atoms with Gasteiger partial charge in [0.2, 0.25) is 5.91 Å². The first kappa shape index (κ1) is 22.8. The monoisotopic (exact) mass is 485 g/mol. The molecule has 0 unspecified atom stereocenters. The van der Waals surface area contributed by atoms with Crippen LogP contribution in [0, 0.1) is 0 Å². The van der Waals surface area contributed by atoms with Crippen molar-refractivity contribution in [1.29, 1.82) is 0 Å². The van der Waals surface area contributed by atoms with Gasteiger partial charge in [0, 0.05) is 17.3 Å². The maximum Gasteiger partial charge on any atom is 0.230 e. The van der Waals surface area contributed by atoms with Crippen molar-refractivity contribution < 1.29 is 13.2 Å². The molecule has 0 atom stereocenters. The third-order valence-corrected chi connectivity index (χ3v) is 8.97. The molecule has 0 saturated carbocycles. The minimum atomic E-state index is -3.55. The van der Waals surface area contributed by atoms with Crippen molar-refractivity contribution in [3.63, 3.8) is 0 Å². The maximum atomic E-state index is 12.4. The summed E-state index contributed by atoms with van der Waals surface area (Å²) < 4.78 is 26.2. The molecule has 0 aliphatic carbocycles. The SMILES string of the molecule is CCCNC(=O)CSc1nnc(SCCS(=O)(=O)c2cc(Cl)ccc2Cl)s1. The molecule has 12 heteroatoms. The van der Waals surface area contributed by atoms with Crippen LogP contribution >= 0.6 is 58.1 Å². The number of thioether (sulfide) groups is 2. The molecule has 0 aliphatic heterocycles. The van der Waals surface area contributed by atoms with Gasteiger partial charge in [0.25, 0.3) is 0 Å². The highest BCUT2D eigenvalue weighted by molar-refractivity contribution is 8.04. The van der Waals surface area contributed by atoms with Crippen LogP contribution in [-0.4, -0.2) is 48.3 Å². The first-order valence-corrected chi connectivity index (χ1v) is 13.0. The molecular weight excluding hydrogens is 469 g/mol. The summed E-state index contributed by atoms with van der Waals surface area (Å²) in [7, 11) is -3.55. The molecule has 1 aromatic heterocycles. The summed E-state index contributed by atoms with van der Waals surface area (Å²) in [4.78, 5) is 11.6. The number of aromatic nitrogens is 2. The lowest BCUT2D eigenvalue weighted by Crippen LogP contribution is -2.25. The fraction of sp³-hybridized carbons (Fsp3) is 0.400. The van der Waals surface area contributed by atoms with E-state index in [1.807, 2.05) is 6.92 Å². The van der Waals surface area contributed by atoms with E-state index in [4.69, 9.17) is 23.2 Å². The zero-order valence-corrected chi connectivity index (χ0v) is 19.1. The Kier molecular flexibility index (Phi) is 9.17. The van der Waals surface area contributed by atoms with Crippen LogP contribution in [0.15, 0.2) is 31.8 Å². The fourth-order valence-corrected chi connectivity index (χ4v) is 7.20. The lowest BCUT2D eigenvalue weighted by molar-refractivity contribution is -0.118. The molecule has 0 fully saturated rings.